The molecular formula is C15H14ClN5. The third kappa shape index (κ3) is 2.05. The second-order valence-corrected chi connectivity index (χ2v) is 5.80. The second-order valence-electron chi connectivity index (χ2n) is 5.47. The molecule has 3 aromatic rings. The van der Waals surface area contributed by atoms with Gasteiger partial charge in [0.2, 0.25) is 5.28 Å². The van der Waals surface area contributed by atoms with E-state index >= 15 is 0 Å². The molecule has 2 aromatic heterocycles. The molecule has 1 unspecified atom stereocenters. The smallest absolute Gasteiger partial charge is 0.226 e. The van der Waals surface area contributed by atoms with Gasteiger partial charge in [0, 0.05) is 12.2 Å². The summed E-state index contributed by atoms with van der Waals surface area (Å²) in [7, 11) is 0. The van der Waals surface area contributed by atoms with E-state index in [-0.39, 0.29) is 5.28 Å². The molecule has 21 heavy (non-hydrogen) atoms. The van der Waals surface area contributed by atoms with Crippen LogP contribution >= 0.6 is 11.6 Å². The van der Waals surface area contributed by atoms with Crippen molar-refractivity contribution in [1.29, 1.82) is 0 Å². The zero-order valence-corrected chi connectivity index (χ0v) is 12.3. The molecule has 0 aliphatic carbocycles. The maximum Gasteiger partial charge on any atom is 0.226 e. The largest absolute Gasteiger partial charge is 0.340 e. The molecule has 4 rings (SSSR count). The van der Waals surface area contributed by atoms with Crippen LogP contribution in [-0.2, 0) is 6.42 Å². The van der Waals surface area contributed by atoms with E-state index in [1.54, 1.807) is 6.33 Å². The summed E-state index contributed by atoms with van der Waals surface area (Å²) in [4.78, 5) is 18.1. The molecule has 0 bridgehead atoms. The van der Waals surface area contributed by atoms with Gasteiger partial charge in [-0.15, -0.1) is 0 Å². The highest BCUT2D eigenvalue weighted by Crippen LogP contribution is 2.36. The predicted molar refractivity (Wildman–Crippen MR) is 83.0 cm³/mol. The number of H-pyrrole nitrogens is 1. The van der Waals surface area contributed by atoms with Crippen LogP contribution in [0.5, 0.6) is 0 Å². The highest BCUT2D eigenvalue weighted by atomic mass is 35.5. The third-order valence-electron chi connectivity index (χ3n) is 3.84. The lowest BCUT2D eigenvalue weighted by Gasteiger charge is -2.34. The minimum Gasteiger partial charge on any atom is -0.340 e. The minimum atomic E-state index is 0.223. The number of hydrogen-bond acceptors (Lipinski definition) is 4. The van der Waals surface area contributed by atoms with E-state index < -0.39 is 0 Å². The Morgan fingerprint density at radius 2 is 2.14 bits per heavy atom. The van der Waals surface area contributed by atoms with Crippen molar-refractivity contribution in [3.8, 4) is 0 Å². The Kier molecular flexibility index (Phi) is 2.82. The van der Waals surface area contributed by atoms with E-state index in [0.29, 0.717) is 11.6 Å². The molecular weight excluding hydrogens is 286 g/mol. The number of halogens is 1. The molecule has 1 atom stereocenters. The lowest BCUT2D eigenvalue weighted by atomic mass is 9.94. The van der Waals surface area contributed by atoms with Crippen LogP contribution in [0.2, 0.25) is 5.28 Å². The van der Waals surface area contributed by atoms with Crippen LogP contribution in [0.1, 0.15) is 12.5 Å². The van der Waals surface area contributed by atoms with Gasteiger partial charge in [0.25, 0.3) is 0 Å². The number of hydrogen-bond donors (Lipinski definition) is 1. The van der Waals surface area contributed by atoms with E-state index in [9.17, 15) is 0 Å². The van der Waals surface area contributed by atoms with E-state index in [1.807, 2.05) is 0 Å². The molecule has 0 spiro atoms. The fraction of sp³-hybridized carbons (Fsp3) is 0.267. The van der Waals surface area contributed by atoms with Crippen molar-refractivity contribution in [3.63, 3.8) is 0 Å². The van der Waals surface area contributed by atoms with Gasteiger partial charge in [-0.3, -0.25) is 0 Å². The normalized spacial score (nSPS) is 18.0. The van der Waals surface area contributed by atoms with Crippen LogP contribution in [0.3, 0.4) is 0 Å². The van der Waals surface area contributed by atoms with Gasteiger partial charge >= 0.3 is 0 Å². The van der Waals surface area contributed by atoms with E-state index in [2.05, 4.69) is 56.0 Å². The number of para-hydroxylation sites is 1. The Hall–Kier alpha value is -2.14. The molecule has 0 amide bonds. The number of fused-ring (bicyclic) bond motifs is 2. The predicted octanol–water partition coefficient (Wildman–Crippen LogP) is 3.34. The Labute approximate surface area is 127 Å². The topological polar surface area (TPSA) is 57.7 Å². The van der Waals surface area contributed by atoms with Crippen LogP contribution in [-0.4, -0.2) is 26.5 Å². The van der Waals surface area contributed by atoms with Crippen LogP contribution in [0, 0.1) is 5.92 Å². The molecule has 0 saturated carbocycles. The van der Waals surface area contributed by atoms with E-state index in [1.165, 1.54) is 11.3 Å². The Bertz CT molecular complexity index is 813. The van der Waals surface area contributed by atoms with Crippen molar-refractivity contribution in [2.45, 2.75) is 13.3 Å². The van der Waals surface area contributed by atoms with Gasteiger partial charge in [-0.05, 0) is 35.6 Å². The van der Waals surface area contributed by atoms with Crippen molar-refractivity contribution in [2.24, 2.45) is 5.92 Å². The first-order valence-corrected chi connectivity index (χ1v) is 7.32. The monoisotopic (exact) mass is 299 g/mol. The van der Waals surface area contributed by atoms with E-state index in [0.717, 1.165) is 24.3 Å². The maximum atomic E-state index is 6.06. The lowest BCUT2D eigenvalue weighted by molar-refractivity contribution is 0.560. The number of anilines is 2. The summed E-state index contributed by atoms with van der Waals surface area (Å²) in [5.41, 5.74) is 3.93. The summed E-state index contributed by atoms with van der Waals surface area (Å²) in [5.74, 6) is 1.34. The number of benzene rings is 1. The second kappa shape index (κ2) is 4.70. The van der Waals surface area contributed by atoms with Gasteiger partial charge in [0.05, 0.1) is 6.33 Å². The van der Waals surface area contributed by atoms with Gasteiger partial charge in [-0.25, -0.2) is 4.98 Å². The van der Waals surface area contributed by atoms with Crippen molar-refractivity contribution in [2.75, 3.05) is 11.4 Å². The van der Waals surface area contributed by atoms with Gasteiger partial charge in [-0.1, -0.05) is 25.1 Å². The molecule has 3 heterocycles. The number of nitrogens with one attached hydrogen (secondary N) is 1. The lowest BCUT2D eigenvalue weighted by Crippen LogP contribution is -2.31. The first kappa shape index (κ1) is 12.6. The zero-order valence-electron chi connectivity index (χ0n) is 11.5. The van der Waals surface area contributed by atoms with Gasteiger partial charge in [0.1, 0.15) is 5.52 Å². The number of aromatic nitrogens is 4. The van der Waals surface area contributed by atoms with E-state index in [4.69, 9.17) is 11.6 Å². The van der Waals surface area contributed by atoms with Crippen LogP contribution in [0.4, 0.5) is 11.5 Å². The molecule has 106 valence electrons. The van der Waals surface area contributed by atoms with Crippen molar-refractivity contribution in [3.05, 3.63) is 41.4 Å². The number of aromatic amines is 1. The quantitative estimate of drug-likeness (QED) is 0.700. The van der Waals surface area contributed by atoms with Crippen molar-refractivity contribution >= 4 is 34.3 Å². The van der Waals surface area contributed by atoms with Crippen molar-refractivity contribution < 1.29 is 0 Å². The minimum absolute atomic E-state index is 0.223. The molecule has 1 aliphatic rings. The van der Waals surface area contributed by atoms with Crippen LogP contribution in [0.25, 0.3) is 11.2 Å². The van der Waals surface area contributed by atoms with Crippen molar-refractivity contribution in [1.82, 2.24) is 19.9 Å². The SMILES string of the molecule is CC1Cc2ccccc2N(c2nc(Cl)nc3nc[nH]c23)C1. The standard InChI is InChI=1S/C15H14ClN5/c1-9-6-10-4-2-3-5-11(10)21(7-9)14-12-13(18-8-17-12)19-15(16)20-14/h2-5,8-9H,6-7H2,1H3,(H,17,18,19,20). The third-order valence-corrected chi connectivity index (χ3v) is 4.01. The fourth-order valence-corrected chi connectivity index (χ4v) is 3.14. The van der Waals surface area contributed by atoms with Crippen LogP contribution < -0.4 is 4.90 Å². The molecule has 0 saturated heterocycles. The number of rotatable bonds is 1. The highest BCUT2D eigenvalue weighted by Gasteiger charge is 2.25. The highest BCUT2D eigenvalue weighted by molar-refractivity contribution is 6.28. The molecule has 1 aliphatic heterocycles. The average molecular weight is 300 g/mol. The van der Waals surface area contributed by atoms with Gasteiger partial charge in [0.15, 0.2) is 11.5 Å². The molecule has 1 aromatic carbocycles. The first-order valence-electron chi connectivity index (χ1n) is 6.94. The summed E-state index contributed by atoms with van der Waals surface area (Å²) in [6.45, 7) is 3.15. The summed E-state index contributed by atoms with van der Waals surface area (Å²) < 4.78 is 0. The Morgan fingerprint density at radius 3 is 3.05 bits per heavy atom. The maximum absolute atomic E-state index is 6.06. The summed E-state index contributed by atoms with van der Waals surface area (Å²) in [5, 5.41) is 0.223. The first-order chi connectivity index (χ1) is 10.2. The summed E-state index contributed by atoms with van der Waals surface area (Å²) >= 11 is 6.06. The summed E-state index contributed by atoms with van der Waals surface area (Å²) in [6, 6.07) is 8.42. The number of imidazole rings is 1. The molecule has 0 fully saturated rings. The average Bonchev–Trinajstić information content (AvgIpc) is 2.93. The molecule has 1 N–H and O–H groups in total. The fourth-order valence-electron chi connectivity index (χ4n) is 2.98. The Balaban J connectivity index is 1.94. The number of nitrogens with zero attached hydrogens (tertiary/aromatic N) is 4. The zero-order chi connectivity index (χ0) is 14.4. The van der Waals surface area contributed by atoms with Crippen LogP contribution in [0.15, 0.2) is 30.6 Å². The van der Waals surface area contributed by atoms with Gasteiger partial charge in [-0.2, -0.15) is 9.97 Å². The Morgan fingerprint density at radius 1 is 1.29 bits per heavy atom. The molecule has 6 heteroatoms. The molecule has 5 nitrogen and oxygen atoms in total. The molecule has 0 radical (unpaired) electrons. The summed E-state index contributed by atoms with van der Waals surface area (Å²) in [6.07, 6.45) is 2.70. The van der Waals surface area contributed by atoms with Gasteiger partial charge < -0.3 is 9.88 Å².